The summed E-state index contributed by atoms with van der Waals surface area (Å²) in [7, 11) is 0. The van der Waals surface area contributed by atoms with Crippen molar-refractivity contribution in [1.82, 2.24) is 0 Å². The van der Waals surface area contributed by atoms with E-state index >= 15 is 0 Å². The lowest BCUT2D eigenvalue weighted by Gasteiger charge is -2.12. The van der Waals surface area contributed by atoms with E-state index in [0.29, 0.717) is 0 Å². The molecule has 0 unspecified atom stereocenters. The first kappa shape index (κ1) is 13.4. The summed E-state index contributed by atoms with van der Waals surface area (Å²) in [5, 5.41) is 0. The van der Waals surface area contributed by atoms with Crippen LogP contribution in [0.4, 0.5) is 0 Å². The van der Waals surface area contributed by atoms with E-state index in [-0.39, 0.29) is 0 Å². The van der Waals surface area contributed by atoms with Gasteiger partial charge in [0.25, 0.3) is 0 Å². The molecule has 0 nitrogen and oxygen atoms in total. The molecule has 3 aromatic carbocycles. The lowest BCUT2D eigenvalue weighted by molar-refractivity contribution is 1.46. The smallest absolute Gasteiger partial charge is 0.0209 e. The number of hydrogen-bond donors (Lipinski definition) is 0. The standard InChI is InChI=1S/C19H15I/c1-14-7-6-8-15(13-14)16-9-2-3-10-17(16)18-11-4-5-12-19(18)20/h2-13H,1H3. The normalized spacial score (nSPS) is 10.5. The molecule has 1 heteroatoms. The second-order valence-corrected chi connectivity index (χ2v) is 6.06. The van der Waals surface area contributed by atoms with E-state index in [4.69, 9.17) is 0 Å². The number of halogens is 1. The maximum atomic E-state index is 2.41. The van der Waals surface area contributed by atoms with Crippen LogP contribution in [0.5, 0.6) is 0 Å². The zero-order chi connectivity index (χ0) is 13.9. The van der Waals surface area contributed by atoms with Gasteiger partial charge in [0.05, 0.1) is 0 Å². The van der Waals surface area contributed by atoms with Gasteiger partial charge in [0.2, 0.25) is 0 Å². The van der Waals surface area contributed by atoms with Gasteiger partial charge in [-0.1, -0.05) is 72.3 Å². The Morgan fingerprint density at radius 1 is 0.650 bits per heavy atom. The van der Waals surface area contributed by atoms with Crippen molar-refractivity contribution in [2.75, 3.05) is 0 Å². The molecule has 20 heavy (non-hydrogen) atoms. The predicted octanol–water partition coefficient (Wildman–Crippen LogP) is 5.93. The third kappa shape index (κ3) is 2.63. The van der Waals surface area contributed by atoms with Crippen LogP contribution in [0, 0.1) is 10.5 Å². The molecule has 3 aromatic rings. The van der Waals surface area contributed by atoms with E-state index in [0.717, 1.165) is 0 Å². The largest absolute Gasteiger partial charge is 0.0616 e. The zero-order valence-corrected chi connectivity index (χ0v) is 13.5. The minimum absolute atomic E-state index is 1.28. The van der Waals surface area contributed by atoms with Gasteiger partial charge in [-0.2, -0.15) is 0 Å². The highest BCUT2D eigenvalue weighted by Gasteiger charge is 2.09. The minimum atomic E-state index is 1.28. The first-order valence-electron chi connectivity index (χ1n) is 6.67. The highest BCUT2D eigenvalue weighted by molar-refractivity contribution is 14.1. The average molecular weight is 370 g/mol. The molecule has 0 atom stereocenters. The van der Waals surface area contributed by atoms with Crippen molar-refractivity contribution >= 4 is 22.6 Å². The van der Waals surface area contributed by atoms with Gasteiger partial charge in [0.15, 0.2) is 0 Å². The van der Waals surface area contributed by atoms with Gasteiger partial charge in [0, 0.05) is 3.57 Å². The monoisotopic (exact) mass is 370 g/mol. The van der Waals surface area contributed by atoms with Crippen molar-refractivity contribution < 1.29 is 0 Å². The van der Waals surface area contributed by atoms with E-state index in [1.165, 1.54) is 31.4 Å². The fourth-order valence-corrected chi connectivity index (χ4v) is 3.14. The number of rotatable bonds is 2. The molecule has 98 valence electrons. The van der Waals surface area contributed by atoms with Crippen molar-refractivity contribution in [3.05, 3.63) is 81.9 Å². The topological polar surface area (TPSA) is 0 Å². The van der Waals surface area contributed by atoms with Crippen LogP contribution in [0.3, 0.4) is 0 Å². The fourth-order valence-electron chi connectivity index (χ4n) is 2.46. The predicted molar refractivity (Wildman–Crippen MR) is 94.8 cm³/mol. The van der Waals surface area contributed by atoms with E-state index in [1.54, 1.807) is 0 Å². The lowest BCUT2D eigenvalue weighted by atomic mass is 9.94. The molecule has 3 rings (SSSR count). The number of aryl methyl sites for hydroxylation is 1. The Labute approximate surface area is 133 Å². The van der Waals surface area contributed by atoms with Crippen LogP contribution in [-0.4, -0.2) is 0 Å². The molecular weight excluding hydrogens is 355 g/mol. The molecule has 0 spiro atoms. The molecule has 0 radical (unpaired) electrons. The van der Waals surface area contributed by atoms with Crippen molar-refractivity contribution in [3.63, 3.8) is 0 Å². The first-order chi connectivity index (χ1) is 9.75. The summed E-state index contributed by atoms with van der Waals surface area (Å²) in [5.41, 5.74) is 6.45. The molecular formula is C19H15I. The summed E-state index contributed by atoms with van der Waals surface area (Å²) in [6, 6.07) is 25.8. The van der Waals surface area contributed by atoms with E-state index in [1.807, 2.05) is 0 Å². The quantitative estimate of drug-likeness (QED) is 0.490. The Hall–Kier alpha value is -1.61. The molecule has 0 amide bonds. The van der Waals surface area contributed by atoms with Gasteiger partial charge in [0.1, 0.15) is 0 Å². The van der Waals surface area contributed by atoms with Crippen LogP contribution in [0.15, 0.2) is 72.8 Å². The molecule has 0 aliphatic heterocycles. The minimum Gasteiger partial charge on any atom is -0.0616 e. The van der Waals surface area contributed by atoms with Crippen molar-refractivity contribution in [1.29, 1.82) is 0 Å². The van der Waals surface area contributed by atoms with Crippen LogP contribution in [0.2, 0.25) is 0 Å². The molecule has 0 aliphatic rings. The van der Waals surface area contributed by atoms with Gasteiger partial charge in [-0.25, -0.2) is 0 Å². The summed E-state index contributed by atoms with van der Waals surface area (Å²) in [5.74, 6) is 0. The highest BCUT2D eigenvalue weighted by atomic mass is 127. The second-order valence-electron chi connectivity index (χ2n) is 4.89. The van der Waals surface area contributed by atoms with Crippen LogP contribution < -0.4 is 0 Å². The van der Waals surface area contributed by atoms with Crippen LogP contribution >= 0.6 is 22.6 Å². The summed E-state index contributed by atoms with van der Waals surface area (Å²) in [4.78, 5) is 0. The first-order valence-corrected chi connectivity index (χ1v) is 7.74. The summed E-state index contributed by atoms with van der Waals surface area (Å²) < 4.78 is 1.28. The SMILES string of the molecule is Cc1cccc(-c2ccccc2-c2ccccc2I)c1. The van der Waals surface area contributed by atoms with Crippen molar-refractivity contribution in [2.45, 2.75) is 6.92 Å². The molecule has 0 saturated heterocycles. The molecule has 0 heterocycles. The van der Waals surface area contributed by atoms with E-state index in [2.05, 4.69) is 102 Å². The van der Waals surface area contributed by atoms with Gasteiger partial charge in [-0.05, 0) is 57.8 Å². The second kappa shape index (κ2) is 5.80. The Morgan fingerprint density at radius 2 is 1.30 bits per heavy atom. The molecule has 0 fully saturated rings. The Kier molecular flexibility index (Phi) is 3.88. The average Bonchev–Trinajstić information content (AvgIpc) is 2.48. The zero-order valence-electron chi connectivity index (χ0n) is 11.3. The van der Waals surface area contributed by atoms with Gasteiger partial charge < -0.3 is 0 Å². The molecule has 0 aromatic heterocycles. The van der Waals surface area contributed by atoms with E-state index < -0.39 is 0 Å². The maximum absolute atomic E-state index is 2.41. The van der Waals surface area contributed by atoms with Crippen LogP contribution in [0.1, 0.15) is 5.56 Å². The van der Waals surface area contributed by atoms with E-state index in [9.17, 15) is 0 Å². The Morgan fingerprint density at radius 3 is 2.00 bits per heavy atom. The number of hydrogen-bond acceptors (Lipinski definition) is 0. The Balaban J connectivity index is 2.22. The van der Waals surface area contributed by atoms with Crippen molar-refractivity contribution in [2.24, 2.45) is 0 Å². The highest BCUT2D eigenvalue weighted by Crippen LogP contribution is 2.34. The van der Waals surface area contributed by atoms with Crippen LogP contribution in [-0.2, 0) is 0 Å². The van der Waals surface area contributed by atoms with Gasteiger partial charge >= 0.3 is 0 Å². The molecule has 0 bridgehead atoms. The molecule has 0 aliphatic carbocycles. The molecule has 0 N–H and O–H groups in total. The molecule has 0 saturated carbocycles. The maximum Gasteiger partial charge on any atom is 0.0209 e. The van der Waals surface area contributed by atoms with Gasteiger partial charge in [-0.15, -0.1) is 0 Å². The fraction of sp³-hybridized carbons (Fsp3) is 0.0526. The summed E-state index contributed by atoms with van der Waals surface area (Å²) in [6.07, 6.45) is 0. The van der Waals surface area contributed by atoms with Crippen LogP contribution in [0.25, 0.3) is 22.3 Å². The van der Waals surface area contributed by atoms with Gasteiger partial charge in [-0.3, -0.25) is 0 Å². The third-order valence-corrected chi connectivity index (χ3v) is 4.36. The summed E-state index contributed by atoms with van der Waals surface area (Å²) >= 11 is 2.41. The Bertz CT molecular complexity index is 744. The summed E-state index contributed by atoms with van der Waals surface area (Å²) in [6.45, 7) is 2.14. The number of benzene rings is 3. The lowest BCUT2D eigenvalue weighted by Crippen LogP contribution is -1.87. The van der Waals surface area contributed by atoms with Crippen molar-refractivity contribution in [3.8, 4) is 22.3 Å². The third-order valence-electron chi connectivity index (χ3n) is 3.42.